The highest BCUT2D eigenvalue weighted by Gasteiger charge is 2.23. The Morgan fingerprint density at radius 3 is 2.76 bits per heavy atom. The monoisotopic (exact) mass is 289 g/mol. The van der Waals surface area contributed by atoms with Gasteiger partial charge < -0.3 is 10.2 Å². The highest BCUT2D eigenvalue weighted by atomic mass is 15.2. The topological polar surface area (TPSA) is 28.2 Å². The molecule has 1 fully saturated rings. The summed E-state index contributed by atoms with van der Waals surface area (Å²) in [6, 6.07) is 2.29. The predicted octanol–water partition coefficient (Wildman–Crippen LogP) is 3.90. The minimum absolute atomic E-state index is 0.148. The molecule has 3 heteroatoms. The van der Waals surface area contributed by atoms with Crippen LogP contribution in [0.1, 0.15) is 58.1 Å². The van der Waals surface area contributed by atoms with E-state index in [-0.39, 0.29) is 5.54 Å². The molecule has 0 radical (unpaired) electrons. The van der Waals surface area contributed by atoms with Gasteiger partial charge in [0.05, 0.1) is 0 Å². The molecule has 0 aromatic carbocycles. The second kappa shape index (κ2) is 6.78. The molecule has 1 N–H and O–H groups in total. The van der Waals surface area contributed by atoms with Crippen LogP contribution >= 0.6 is 0 Å². The quantitative estimate of drug-likeness (QED) is 0.891. The smallest absolute Gasteiger partial charge is 0.131 e. The van der Waals surface area contributed by atoms with Crippen molar-refractivity contribution in [3.05, 3.63) is 23.4 Å². The first-order valence-corrected chi connectivity index (χ1v) is 8.34. The molecule has 0 saturated carbocycles. The summed E-state index contributed by atoms with van der Waals surface area (Å²) in [5.74, 6) is 2.05. The summed E-state index contributed by atoms with van der Waals surface area (Å²) < 4.78 is 0. The number of nitrogens with zero attached hydrogens (tertiary/aromatic N) is 2. The van der Waals surface area contributed by atoms with Crippen LogP contribution in [-0.2, 0) is 6.54 Å². The van der Waals surface area contributed by atoms with Crippen molar-refractivity contribution in [1.29, 1.82) is 0 Å². The number of aryl methyl sites for hydroxylation is 1. The van der Waals surface area contributed by atoms with Crippen LogP contribution in [0, 0.1) is 12.8 Å². The average Bonchev–Trinajstić information content (AvgIpc) is 2.84. The van der Waals surface area contributed by atoms with Crippen LogP contribution < -0.4 is 10.2 Å². The van der Waals surface area contributed by atoms with E-state index in [0.717, 1.165) is 19.0 Å². The van der Waals surface area contributed by atoms with Crippen LogP contribution in [0.15, 0.2) is 12.3 Å². The Bertz CT molecular complexity index is 462. The number of rotatable bonds is 5. The minimum atomic E-state index is 0.148. The molecule has 0 amide bonds. The second-order valence-electron chi connectivity index (χ2n) is 7.48. The normalized spacial score (nSPS) is 19.3. The molecule has 1 atom stereocenters. The van der Waals surface area contributed by atoms with Gasteiger partial charge in [-0.3, -0.25) is 0 Å². The van der Waals surface area contributed by atoms with Gasteiger partial charge in [0.1, 0.15) is 5.82 Å². The van der Waals surface area contributed by atoms with Gasteiger partial charge >= 0.3 is 0 Å². The zero-order valence-corrected chi connectivity index (χ0v) is 14.4. The summed E-state index contributed by atoms with van der Waals surface area (Å²) in [4.78, 5) is 7.21. The lowest BCUT2D eigenvalue weighted by Gasteiger charge is -2.22. The fourth-order valence-electron chi connectivity index (χ4n) is 3.09. The number of aromatic nitrogens is 1. The van der Waals surface area contributed by atoms with Gasteiger partial charge in [0, 0.05) is 31.4 Å². The molecular formula is C18H31N3. The molecule has 1 aliphatic heterocycles. The van der Waals surface area contributed by atoms with Crippen LogP contribution in [0.2, 0.25) is 0 Å². The first kappa shape index (κ1) is 16.3. The summed E-state index contributed by atoms with van der Waals surface area (Å²) in [6.07, 6.45) is 6.00. The van der Waals surface area contributed by atoms with E-state index in [2.05, 4.69) is 50.9 Å². The molecule has 1 aromatic rings. The Hall–Kier alpha value is -1.09. The molecule has 0 bridgehead atoms. The van der Waals surface area contributed by atoms with E-state index >= 15 is 0 Å². The molecular weight excluding hydrogens is 258 g/mol. The molecule has 21 heavy (non-hydrogen) atoms. The first-order valence-electron chi connectivity index (χ1n) is 8.34. The Morgan fingerprint density at radius 2 is 2.14 bits per heavy atom. The average molecular weight is 289 g/mol. The number of nitrogens with one attached hydrogen (secondary N) is 1. The summed E-state index contributed by atoms with van der Waals surface area (Å²) >= 11 is 0. The SMILES string of the molecule is CCCC1CCN(c2ncc(CNC(C)(C)C)cc2C)C1. The van der Waals surface area contributed by atoms with Crippen LogP contribution in [0.3, 0.4) is 0 Å². The zero-order valence-electron chi connectivity index (χ0n) is 14.4. The molecule has 118 valence electrons. The van der Waals surface area contributed by atoms with Crippen molar-refractivity contribution in [3.63, 3.8) is 0 Å². The van der Waals surface area contributed by atoms with Crippen molar-refractivity contribution in [3.8, 4) is 0 Å². The second-order valence-corrected chi connectivity index (χ2v) is 7.48. The molecule has 0 aliphatic carbocycles. The molecule has 1 aliphatic rings. The molecule has 3 nitrogen and oxygen atoms in total. The van der Waals surface area contributed by atoms with E-state index in [9.17, 15) is 0 Å². The predicted molar refractivity (Wildman–Crippen MR) is 90.8 cm³/mol. The molecule has 0 spiro atoms. The van der Waals surface area contributed by atoms with Crippen LogP contribution in [0.5, 0.6) is 0 Å². The van der Waals surface area contributed by atoms with Gasteiger partial charge in [-0.1, -0.05) is 13.3 Å². The highest BCUT2D eigenvalue weighted by molar-refractivity contribution is 5.48. The third-order valence-corrected chi connectivity index (χ3v) is 4.21. The fourth-order valence-corrected chi connectivity index (χ4v) is 3.09. The zero-order chi connectivity index (χ0) is 15.5. The van der Waals surface area contributed by atoms with Crippen LogP contribution in [0.25, 0.3) is 0 Å². The number of hydrogen-bond donors (Lipinski definition) is 1. The van der Waals surface area contributed by atoms with E-state index in [4.69, 9.17) is 4.98 Å². The Morgan fingerprint density at radius 1 is 1.38 bits per heavy atom. The summed E-state index contributed by atoms with van der Waals surface area (Å²) in [5.41, 5.74) is 2.73. The van der Waals surface area contributed by atoms with Gasteiger partial charge in [0.2, 0.25) is 0 Å². The van der Waals surface area contributed by atoms with Crippen molar-refractivity contribution in [2.24, 2.45) is 5.92 Å². The summed E-state index contributed by atoms with van der Waals surface area (Å²) in [7, 11) is 0. The van der Waals surface area contributed by atoms with E-state index in [1.54, 1.807) is 0 Å². The van der Waals surface area contributed by atoms with Crippen molar-refractivity contribution in [1.82, 2.24) is 10.3 Å². The fraction of sp³-hybridized carbons (Fsp3) is 0.722. The van der Waals surface area contributed by atoms with Crippen LogP contribution in [-0.4, -0.2) is 23.6 Å². The Kier molecular flexibility index (Phi) is 5.26. The maximum Gasteiger partial charge on any atom is 0.131 e. The van der Waals surface area contributed by atoms with Gasteiger partial charge in [-0.15, -0.1) is 0 Å². The van der Waals surface area contributed by atoms with Gasteiger partial charge in [0.15, 0.2) is 0 Å². The third-order valence-electron chi connectivity index (χ3n) is 4.21. The van der Waals surface area contributed by atoms with Crippen molar-refractivity contribution >= 4 is 5.82 Å². The Balaban J connectivity index is 1.99. The number of anilines is 1. The minimum Gasteiger partial charge on any atom is -0.356 e. The van der Waals surface area contributed by atoms with Crippen molar-refractivity contribution in [2.45, 2.75) is 66.0 Å². The third kappa shape index (κ3) is 4.70. The van der Waals surface area contributed by atoms with E-state index in [0.29, 0.717) is 0 Å². The molecule has 2 rings (SSSR count). The van der Waals surface area contributed by atoms with Gasteiger partial charge in [-0.2, -0.15) is 0 Å². The molecule has 2 heterocycles. The molecule has 1 aromatic heterocycles. The van der Waals surface area contributed by atoms with Gasteiger partial charge in [-0.25, -0.2) is 4.98 Å². The lowest BCUT2D eigenvalue weighted by Crippen LogP contribution is -2.35. The lowest BCUT2D eigenvalue weighted by molar-refractivity contribution is 0.424. The first-order chi connectivity index (χ1) is 9.89. The number of hydrogen-bond acceptors (Lipinski definition) is 3. The lowest BCUT2D eigenvalue weighted by atomic mass is 10.0. The van der Waals surface area contributed by atoms with E-state index in [1.807, 2.05) is 6.20 Å². The molecule has 1 unspecified atom stereocenters. The number of pyridine rings is 1. The largest absolute Gasteiger partial charge is 0.356 e. The Labute approximate surface area is 130 Å². The maximum absolute atomic E-state index is 4.74. The van der Waals surface area contributed by atoms with E-state index in [1.165, 1.54) is 42.8 Å². The van der Waals surface area contributed by atoms with Crippen molar-refractivity contribution < 1.29 is 0 Å². The maximum atomic E-state index is 4.74. The van der Waals surface area contributed by atoms with Crippen LogP contribution in [0.4, 0.5) is 5.82 Å². The standard InChI is InChI=1S/C18H31N3/c1-6-7-15-8-9-21(13-15)17-14(2)10-16(11-19-17)12-20-18(3,4)5/h10-11,15,20H,6-9,12-13H2,1-5H3. The van der Waals surface area contributed by atoms with E-state index < -0.39 is 0 Å². The molecule has 1 saturated heterocycles. The van der Waals surface area contributed by atoms with Gasteiger partial charge in [0.25, 0.3) is 0 Å². The van der Waals surface area contributed by atoms with Gasteiger partial charge in [-0.05, 0) is 63.6 Å². The van der Waals surface area contributed by atoms with Crippen molar-refractivity contribution in [2.75, 3.05) is 18.0 Å². The summed E-state index contributed by atoms with van der Waals surface area (Å²) in [5, 5.41) is 3.52. The summed E-state index contributed by atoms with van der Waals surface area (Å²) in [6.45, 7) is 14.3. The highest BCUT2D eigenvalue weighted by Crippen LogP contribution is 2.27.